The number of rotatable bonds is 5. The number of benzene rings is 2. The standard InChI is InChI=1S/C19H24N2O.ClH/c1-13-9-14(2)11-16(10-13)12-15(3)21-19(22)18(20)17-7-5-4-6-8-17;/h4-11,15,18H,12,20H2,1-3H3,(H,21,22);1H. The van der Waals surface area contributed by atoms with Crippen LogP contribution in [0.15, 0.2) is 48.5 Å². The van der Waals surface area contributed by atoms with Crippen molar-refractivity contribution in [2.75, 3.05) is 0 Å². The third-order valence-electron chi connectivity index (χ3n) is 3.65. The second-order valence-electron chi connectivity index (χ2n) is 6.00. The molecule has 0 heterocycles. The molecule has 4 heteroatoms. The molecule has 0 fully saturated rings. The lowest BCUT2D eigenvalue weighted by Gasteiger charge is -2.18. The van der Waals surface area contributed by atoms with E-state index in [1.807, 2.05) is 37.3 Å². The Balaban J connectivity index is 0.00000264. The van der Waals surface area contributed by atoms with E-state index in [2.05, 4.69) is 37.4 Å². The van der Waals surface area contributed by atoms with E-state index in [-0.39, 0.29) is 24.4 Å². The van der Waals surface area contributed by atoms with Crippen molar-refractivity contribution >= 4 is 18.3 Å². The third kappa shape index (κ3) is 5.70. The summed E-state index contributed by atoms with van der Waals surface area (Å²) in [5.74, 6) is -0.136. The first-order valence-corrected chi connectivity index (χ1v) is 7.64. The molecule has 0 aromatic heterocycles. The molecule has 0 spiro atoms. The zero-order valence-corrected chi connectivity index (χ0v) is 14.7. The normalized spacial score (nSPS) is 12.9. The molecule has 2 aromatic rings. The highest BCUT2D eigenvalue weighted by Gasteiger charge is 2.17. The van der Waals surface area contributed by atoms with Crippen LogP contribution in [-0.4, -0.2) is 11.9 Å². The van der Waals surface area contributed by atoms with Crippen molar-refractivity contribution in [3.63, 3.8) is 0 Å². The van der Waals surface area contributed by atoms with Crippen molar-refractivity contribution in [2.45, 2.75) is 39.3 Å². The fourth-order valence-corrected chi connectivity index (χ4v) is 2.74. The molecule has 0 bridgehead atoms. The summed E-state index contributed by atoms with van der Waals surface area (Å²) >= 11 is 0. The first kappa shape index (κ1) is 19.2. The average molecular weight is 333 g/mol. The van der Waals surface area contributed by atoms with E-state index in [1.54, 1.807) is 0 Å². The van der Waals surface area contributed by atoms with E-state index in [9.17, 15) is 4.79 Å². The van der Waals surface area contributed by atoms with Crippen LogP contribution in [0.2, 0.25) is 0 Å². The average Bonchev–Trinajstić information content (AvgIpc) is 2.46. The molecule has 0 radical (unpaired) electrons. The highest BCUT2D eigenvalue weighted by molar-refractivity contribution is 5.85. The van der Waals surface area contributed by atoms with E-state index in [1.165, 1.54) is 16.7 Å². The molecule has 0 aliphatic rings. The molecule has 1 amide bonds. The number of halogens is 1. The van der Waals surface area contributed by atoms with Gasteiger partial charge in [-0.15, -0.1) is 12.4 Å². The Bertz CT molecular complexity index is 623. The molecule has 124 valence electrons. The number of nitrogens with two attached hydrogens (primary N) is 1. The summed E-state index contributed by atoms with van der Waals surface area (Å²) in [6.45, 7) is 6.18. The third-order valence-corrected chi connectivity index (χ3v) is 3.65. The fourth-order valence-electron chi connectivity index (χ4n) is 2.74. The fraction of sp³-hybridized carbons (Fsp3) is 0.316. The van der Waals surface area contributed by atoms with Gasteiger partial charge in [-0.3, -0.25) is 4.79 Å². The van der Waals surface area contributed by atoms with Gasteiger partial charge in [0.05, 0.1) is 0 Å². The summed E-state index contributed by atoms with van der Waals surface area (Å²) in [4.78, 5) is 12.2. The summed E-state index contributed by atoms with van der Waals surface area (Å²) in [6, 6.07) is 15.3. The maximum Gasteiger partial charge on any atom is 0.241 e. The number of carbonyl (C=O) groups is 1. The molecule has 0 saturated heterocycles. The monoisotopic (exact) mass is 332 g/mol. The first-order valence-electron chi connectivity index (χ1n) is 7.64. The Kier molecular flexibility index (Phi) is 7.27. The summed E-state index contributed by atoms with van der Waals surface area (Å²) in [5.41, 5.74) is 10.6. The van der Waals surface area contributed by atoms with Gasteiger partial charge in [-0.1, -0.05) is 59.7 Å². The summed E-state index contributed by atoms with van der Waals surface area (Å²) in [5, 5.41) is 3.00. The minimum atomic E-state index is -0.622. The number of amides is 1. The molecule has 2 rings (SSSR count). The predicted molar refractivity (Wildman–Crippen MR) is 97.8 cm³/mol. The second kappa shape index (κ2) is 8.70. The molecule has 2 aromatic carbocycles. The minimum Gasteiger partial charge on any atom is -0.352 e. The molecule has 23 heavy (non-hydrogen) atoms. The predicted octanol–water partition coefficient (Wildman–Crippen LogP) is 3.47. The smallest absolute Gasteiger partial charge is 0.241 e. The molecule has 0 aliphatic carbocycles. The van der Waals surface area contributed by atoms with E-state index < -0.39 is 6.04 Å². The molecule has 2 unspecified atom stereocenters. The highest BCUT2D eigenvalue weighted by Crippen LogP contribution is 2.13. The van der Waals surface area contributed by atoms with E-state index >= 15 is 0 Å². The first-order chi connectivity index (χ1) is 10.5. The van der Waals surface area contributed by atoms with Gasteiger partial charge < -0.3 is 11.1 Å². The largest absolute Gasteiger partial charge is 0.352 e. The maximum absolute atomic E-state index is 12.2. The van der Waals surface area contributed by atoms with E-state index in [4.69, 9.17) is 5.73 Å². The Morgan fingerprint density at radius 2 is 1.65 bits per heavy atom. The topological polar surface area (TPSA) is 55.1 Å². The van der Waals surface area contributed by atoms with Crippen LogP contribution in [0.25, 0.3) is 0 Å². The van der Waals surface area contributed by atoms with Gasteiger partial charge in [-0.25, -0.2) is 0 Å². The van der Waals surface area contributed by atoms with Crippen molar-refractivity contribution in [1.82, 2.24) is 5.32 Å². The minimum absolute atomic E-state index is 0. The van der Waals surface area contributed by atoms with Gasteiger partial charge in [-0.2, -0.15) is 0 Å². The number of hydrogen-bond donors (Lipinski definition) is 2. The lowest BCUT2D eigenvalue weighted by molar-refractivity contribution is -0.123. The molecule has 2 atom stereocenters. The number of carbonyl (C=O) groups excluding carboxylic acids is 1. The summed E-state index contributed by atoms with van der Waals surface area (Å²) < 4.78 is 0. The summed E-state index contributed by atoms with van der Waals surface area (Å²) in [7, 11) is 0. The number of aryl methyl sites for hydroxylation is 2. The lowest BCUT2D eigenvalue weighted by Crippen LogP contribution is -2.40. The van der Waals surface area contributed by atoms with Gasteiger partial charge in [0.15, 0.2) is 0 Å². The molecular formula is C19H25ClN2O. The molecule has 0 saturated carbocycles. The molecule has 3 nitrogen and oxygen atoms in total. The van der Waals surface area contributed by atoms with Gasteiger partial charge in [0, 0.05) is 6.04 Å². The number of hydrogen-bond acceptors (Lipinski definition) is 2. The van der Waals surface area contributed by atoms with Gasteiger partial charge in [0.25, 0.3) is 0 Å². The zero-order valence-electron chi connectivity index (χ0n) is 13.9. The van der Waals surface area contributed by atoms with E-state index in [0.717, 1.165) is 12.0 Å². The SMILES string of the molecule is Cc1cc(C)cc(CC(C)NC(=O)C(N)c2ccccc2)c1.Cl. The summed E-state index contributed by atoms with van der Waals surface area (Å²) in [6.07, 6.45) is 0.801. The van der Waals surface area contributed by atoms with Crippen LogP contribution in [0.1, 0.15) is 35.2 Å². The Morgan fingerprint density at radius 1 is 1.09 bits per heavy atom. The van der Waals surface area contributed by atoms with Crippen LogP contribution in [0.5, 0.6) is 0 Å². The van der Waals surface area contributed by atoms with Crippen molar-refractivity contribution in [2.24, 2.45) is 5.73 Å². The maximum atomic E-state index is 12.2. The van der Waals surface area contributed by atoms with Crippen LogP contribution >= 0.6 is 12.4 Å². The van der Waals surface area contributed by atoms with Crippen LogP contribution in [-0.2, 0) is 11.2 Å². The van der Waals surface area contributed by atoms with Crippen molar-refractivity contribution in [3.8, 4) is 0 Å². The Labute approximate surface area is 144 Å². The van der Waals surface area contributed by atoms with Crippen LogP contribution in [0.3, 0.4) is 0 Å². The van der Waals surface area contributed by atoms with Gasteiger partial charge >= 0.3 is 0 Å². The quantitative estimate of drug-likeness (QED) is 0.880. The second-order valence-corrected chi connectivity index (χ2v) is 6.00. The Morgan fingerprint density at radius 3 is 2.22 bits per heavy atom. The highest BCUT2D eigenvalue weighted by atomic mass is 35.5. The number of nitrogens with one attached hydrogen (secondary N) is 1. The van der Waals surface area contributed by atoms with Gasteiger partial charge in [0.2, 0.25) is 5.91 Å². The van der Waals surface area contributed by atoms with Crippen LogP contribution in [0.4, 0.5) is 0 Å². The zero-order chi connectivity index (χ0) is 16.1. The van der Waals surface area contributed by atoms with Gasteiger partial charge in [0.1, 0.15) is 6.04 Å². The van der Waals surface area contributed by atoms with Crippen LogP contribution < -0.4 is 11.1 Å². The molecular weight excluding hydrogens is 308 g/mol. The molecule has 0 aliphatic heterocycles. The van der Waals surface area contributed by atoms with Crippen molar-refractivity contribution in [3.05, 3.63) is 70.8 Å². The van der Waals surface area contributed by atoms with Crippen molar-refractivity contribution < 1.29 is 4.79 Å². The van der Waals surface area contributed by atoms with Crippen LogP contribution in [0, 0.1) is 13.8 Å². The Hall–Kier alpha value is -1.84. The van der Waals surface area contributed by atoms with Crippen molar-refractivity contribution in [1.29, 1.82) is 0 Å². The van der Waals surface area contributed by atoms with Gasteiger partial charge in [-0.05, 0) is 38.3 Å². The lowest BCUT2D eigenvalue weighted by atomic mass is 10.0. The molecule has 3 N–H and O–H groups in total. The van der Waals surface area contributed by atoms with E-state index in [0.29, 0.717) is 0 Å².